The number of hydrogen-bond acceptors (Lipinski definition) is 12. The lowest BCUT2D eigenvalue weighted by molar-refractivity contribution is -0.220. The summed E-state index contributed by atoms with van der Waals surface area (Å²) in [6, 6.07) is 0. The van der Waals surface area contributed by atoms with Crippen molar-refractivity contribution in [2.45, 2.75) is 294 Å². The Bertz CT molecular complexity index is 1130. The van der Waals surface area contributed by atoms with Crippen molar-refractivity contribution < 1.29 is 63.1 Å². The molecule has 64 heavy (non-hydrogen) atoms. The fourth-order valence-corrected chi connectivity index (χ4v) is 9.44. The zero-order valence-corrected chi connectivity index (χ0v) is 41.5. The van der Waals surface area contributed by atoms with Crippen LogP contribution in [-0.2, 0) is 32.7 Å². The van der Waals surface area contributed by atoms with E-state index in [-0.39, 0.29) is 12.8 Å². The molecule has 13 nitrogen and oxygen atoms in total. The third-order valence-corrected chi connectivity index (χ3v) is 13.7. The van der Waals surface area contributed by atoms with E-state index in [1.54, 1.807) is 0 Å². The smallest absolute Gasteiger partial charge is 0.462 e. The predicted molar refractivity (Wildman–Crippen MR) is 254 cm³/mol. The number of hydrogen-bond donors (Lipinski definition) is 6. The third kappa shape index (κ3) is 32.5. The normalized spacial score (nSPS) is 21.4. The summed E-state index contributed by atoms with van der Waals surface area (Å²) in [5, 5.41) is 50.2. The van der Waals surface area contributed by atoms with E-state index < -0.39 is 75.7 Å². The van der Waals surface area contributed by atoms with Gasteiger partial charge < -0.3 is 39.9 Å². The lowest BCUT2D eigenvalue weighted by Crippen LogP contribution is -2.64. The summed E-state index contributed by atoms with van der Waals surface area (Å²) in [5.41, 5.74) is 0. The van der Waals surface area contributed by atoms with Crippen molar-refractivity contribution in [3.63, 3.8) is 0 Å². The minimum Gasteiger partial charge on any atom is -0.462 e. The van der Waals surface area contributed by atoms with Crippen LogP contribution < -0.4 is 0 Å². The Hall–Kier alpha value is -1.15. The van der Waals surface area contributed by atoms with Crippen molar-refractivity contribution in [3.05, 3.63) is 0 Å². The highest BCUT2D eigenvalue weighted by atomic mass is 31.2. The number of ether oxygens (including phenoxy) is 2. The second kappa shape index (κ2) is 40.9. The maximum atomic E-state index is 12.8. The fourth-order valence-electron chi connectivity index (χ4n) is 8.47. The van der Waals surface area contributed by atoms with Crippen LogP contribution in [0.1, 0.15) is 251 Å². The summed E-state index contributed by atoms with van der Waals surface area (Å²) < 4.78 is 33.6. The van der Waals surface area contributed by atoms with E-state index in [1.807, 2.05) is 0 Å². The molecular formula is C50H97O13P. The number of phosphoric acid groups is 1. The Balaban J connectivity index is 2.33. The number of carbonyl (C=O) groups is 2. The van der Waals surface area contributed by atoms with Crippen molar-refractivity contribution in [1.82, 2.24) is 0 Å². The van der Waals surface area contributed by atoms with E-state index in [0.717, 1.165) is 38.5 Å². The van der Waals surface area contributed by atoms with Gasteiger partial charge in [-0.1, -0.05) is 226 Å². The summed E-state index contributed by atoms with van der Waals surface area (Å²) in [7, 11) is -5.11. The van der Waals surface area contributed by atoms with Gasteiger partial charge in [0.1, 0.15) is 43.2 Å². The average molecular weight is 937 g/mol. The SMILES string of the molecule is CCCCCCCCCCCCCCCCCCCCCCCCC(=O)OC[C@@H](COP(=O)(O)OC1C(O)C(O)C(O)[C@H](O)C1O)OC(=O)CCCCCCCCCCCCCCC. The van der Waals surface area contributed by atoms with Crippen LogP contribution >= 0.6 is 7.82 Å². The topological polar surface area (TPSA) is 210 Å². The van der Waals surface area contributed by atoms with E-state index in [0.29, 0.717) is 12.8 Å². The molecule has 0 saturated heterocycles. The number of unbranched alkanes of at least 4 members (excludes halogenated alkanes) is 33. The summed E-state index contributed by atoms with van der Waals surface area (Å²) in [5.74, 6) is -1.08. The molecule has 6 unspecified atom stereocenters. The molecule has 0 amide bonds. The quantitative estimate of drug-likeness (QED) is 0.0191. The highest BCUT2D eigenvalue weighted by Gasteiger charge is 2.51. The largest absolute Gasteiger partial charge is 0.472 e. The Kier molecular flexibility index (Phi) is 38.9. The van der Waals surface area contributed by atoms with E-state index in [1.165, 1.54) is 173 Å². The molecule has 14 heteroatoms. The molecule has 0 radical (unpaired) electrons. The summed E-state index contributed by atoms with van der Waals surface area (Å²) >= 11 is 0. The summed E-state index contributed by atoms with van der Waals surface area (Å²) in [6.45, 7) is 3.34. The molecule has 1 rings (SSSR count). The van der Waals surface area contributed by atoms with Gasteiger partial charge in [-0.2, -0.15) is 0 Å². The number of aliphatic hydroxyl groups excluding tert-OH is 5. The van der Waals surface area contributed by atoms with Crippen molar-refractivity contribution >= 4 is 19.8 Å². The summed E-state index contributed by atoms with van der Waals surface area (Å²) in [4.78, 5) is 35.8. The molecule has 0 aliphatic heterocycles. The Labute approximate surface area is 389 Å². The summed E-state index contributed by atoms with van der Waals surface area (Å²) in [6.07, 6.45) is 30.2. The van der Waals surface area contributed by atoms with Gasteiger partial charge in [0.25, 0.3) is 0 Å². The Morgan fingerprint density at radius 1 is 0.422 bits per heavy atom. The monoisotopic (exact) mass is 937 g/mol. The lowest BCUT2D eigenvalue weighted by atomic mass is 9.85. The van der Waals surface area contributed by atoms with E-state index in [4.69, 9.17) is 18.5 Å². The molecule has 6 N–H and O–H groups in total. The van der Waals surface area contributed by atoms with Crippen LogP contribution in [0.25, 0.3) is 0 Å². The van der Waals surface area contributed by atoms with Crippen LogP contribution in [0.3, 0.4) is 0 Å². The van der Waals surface area contributed by atoms with E-state index in [9.17, 15) is 44.6 Å². The molecule has 0 aromatic heterocycles. The first kappa shape index (κ1) is 60.9. The van der Waals surface area contributed by atoms with E-state index in [2.05, 4.69) is 13.8 Å². The van der Waals surface area contributed by atoms with Gasteiger partial charge in [0.15, 0.2) is 6.10 Å². The van der Waals surface area contributed by atoms with Crippen molar-refractivity contribution in [3.8, 4) is 0 Å². The molecule has 0 bridgehead atoms. The number of carbonyl (C=O) groups excluding carboxylic acids is 2. The predicted octanol–water partition coefficient (Wildman–Crippen LogP) is 11.2. The van der Waals surface area contributed by atoms with Crippen molar-refractivity contribution in [1.29, 1.82) is 0 Å². The highest BCUT2D eigenvalue weighted by molar-refractivity contribution is 7.47. The second-order valence-electron chi connectivity index (χ2n) is 18.7. The highest BCUT2D eigenvalue weighted by Crippen LogP contribution is 2.47. The van der Waals surface area contributed by atoms with Crippen LogP contribution in [0.5, 0.6) is 0 Å². The first-order chi connectivity index (χ1) is 30.9. The molecule has 380 valence electrons. The van der Waals surface area contributed by atoms with Crippen LogP contribution in [0, 0.1) is 0 Å². The van der Waals surface area contributed by atoms with Gasteiger partial charge in [-0.3, -0.25) is 18.6 Å². The molecule has 8 atom stereocenters. The van der Waals surface area contributed by atoms with Crippen molar-refractivity contribution in [2.24, 2.45) is 0 Å². The van der Waals surface area contributed by atoms with Gasteiger partial charge in [-0.15, -0.1) is 0 Å². The molecule has 1 aliphatic rings. The fraction of sp³-hybridized carbons (Fsp3) is 0.960. The van der Waals surface area contributed by atoms with Gasteiger partial charge in [0.05, 0.1) is 6.61 Å². The van der Waals surface area contributed by atoms with Crippen LogP contribution in [0.2, 0.25) is 0 Å². The third-order valence-electron chi connectivity index (χ3n) is 12.7. The van der Waals surface area contributed by atoms with Gasteiger partial charge in [0, 0.05) is 12.8 Å². The van der Waals surface area contributed by atoms with Crippen LogP contribution in [0.15, 0.2) is 0 Å². The minimum absolute atomic E-state index is 0.105. The number of rotatable bonds is 45. The minimum atomic E-state index is -5.11. The number of aliphatic hydroxyl groups is 5. The molecule has 1 saturated carbocycles. The molecule has 1 fully saturated rings. The van der Waals surface area contributed by atoms with Gasteiger partial charge in [0.2, 0.25) is 0 Å². The average Bonchev–Trinajstić information content (AvgIpc) is 3.28. The number of esters is 2. The van der Waals surface area contributed by atoms with Crippen LogP contribution in [0.4, 0.5) is 0 Å². The maximum absolute atomic E-state index is 12.8. The van der Waals surface area contributed by atoms with Gasteiger partial charge in [-0.25, -0.2) is 4.57 Å². The first-order valence-corrected chi connectivity index (χ1v) is 27.8. The second-order valence-corrected chi connectivity index (χ2v) is 20.2. The zero-order chi connectivity index (χ0) is 47.1. The van der Waals surface area contributed by atoms with Crippen molar-refractivity contribution in [2.75, 3.05) is 13.2 Å². The van der Waals surface area contributed by atoms with Gasteiger partial charge >= 0.3 is 19.8 Å². The molecule has 0 aromatic rings. The number of phosphoric ester groups is 1. The maximum Gasteiger partial charge on any atom is 0.472 e. The Morgan fingerprint density at radius 3 is 1.03 bits per heavy atom. The van der Waals surface area contributed by atoms with E-state index >= 15 is 0 Å². The molecule has 0 spiro atoms. The van der Waals surface area contributed by atoms with Gasteiger partial charge in [-0.05, 0) is 12.8 Å². The Morgan fingerprint density at radius 2 is 0.703 bits per heavy atom. The van der Waals surface area contributed by atoms with Crippen LogP contribution in [-0.4, -0.2) is 98.3 Å². The standard InChI is InChI=1S/C50H97O13P/c1-3-5-7-9-11-13-15-17-18-19-20-21-22-23-24-25-27-28-30-32-34-36-38-43(51)60-40-42(41-61-64(58,59)63-50-48(56)46(54)45(53)47(55)49(50)57)62-44(52)39-37-35-33-31-29-26-16-14-12-10-8-6-4-2/h42,45-50,53-57H,3-41H2,1-2H3,(H,58,59)/t42-,45?,46-,47?,48?,49?,50?/m0/s1. The first-order valence-electron chi connectivity index (χ1n) is 26.3. The lowest BCUT2D eigenvalue weighted by Gasteiger charge is -2.41. The molecule has 0 aromatic carbocycles. The molecular weight excluding hydrogens is 840 g/mol. The molecule has 1 aliphatic carbocycles. The zero-order valence-electron chi connectivity index (χ0n) is 40.6. The molecule has 0 heterocycles.